The van der Waals surface area contributed by atoms with Gasteiger partial charge in [0.15, 0.2) is 0 Å². The Hall–Kier alpha value is -2.36. The highest BCUT2D eigenvalue weighted by molar-refractivity contribution is 5.76. The van der Waals surface area contributed by atoms with Crippen LogP contribution >= 0.6 is 0 Å². The molecule has 0 saturated heterocycles. The number of amides is 1. The van der Waals surface area contributed by atoms with Crippen molar-refractivity contribution in [3.05, 3.63) is 59.9 Å². The lowest BCUT2D eigenvalue weighted by atomic mass is 10.1. The van der Waals surface area contributed by atoms with Crippen LogP contribution in [0.3, 0.4) is 0 Å². The summed E-state index contributed by atoms with van der Waals surface area (Å²) in [6.45, 7) is 5.98. The van der Waals surface area contributed by atoms with Crippen molar-refractivity contribution in [2.24, 2.45) is 0 Å². The molecule has 4 heteroatoms. The molecule has 0 bridgehead atoms. The normalized spacial score (nSPS) is 12.0. The van der Waals surface area contributed by atoms with E-state index in [2.05, 4.69) is 10.3 Å². The number of ether oxygens (including phenoxy) is 1. The first-order valence-corrected chi connectivity index (χ1v) is 7.99. The van der Waals surface area contributed by atoms with Crippen molar-refractivity contribution in [1.29, 1.82) is 0 Å². The summed E-state index contributed by atoms with van der Waals surface area (Å²) in [6, 6.07) is 11.7. The zero-order valence-electron chi connectivity index (χ0n) is 14.0. The molecule has 0 radical (unpaired) electrons. The van der Waals surface area contributed by atoms with Gasteiger partial charge in [-0.05, 0) is 56.5 Å². The molecular formula is C19H24N2O2. The minimum absolute atomic E-state index is 0.0385. The topological polar surface area (TPSA) is 51.2 Å². The molecule has 1 N–H and O–H groups in total. The molecular weight excluding hydrogens is 288 g/mol. The van der Waals surface area contributed by atoms with Crippen LogP contribution in [-0.2, 0) is 11.2 Å². The number of aryl methyl sites for hydroxylation is 1. The predicted molar refractivity (Wildman–Crippen MR) is 91.3 cm³/mol. The Labute approximate surface area is 137 Å². The van der Waals surface area contributed by atoms with Crippen LogP contribution in [0.2, 0.25) is 0 Å². The van der Waals surface area contributed by atoms with E-state index in [0.29, 0.717) is 12.8 Å². The Morgan fingerprint density at radius 1 is 1.22 bits per heavy atom. The van der Waals surface area contributed by atoms with Gasteiger partial charge >= 0.3 is 0 Å². The standard InChI is InChI=1S/C19H24N2O2/c1-14(2)23-18-8-4-7-17(12-18)15(3)21-19(22)10-9-16-6-5-11-20-13-16/h4-8,11-15H,9-10H2,1-3H3,(H,21,22)/t15-/m0/s1. The number of aromatic nitrogens is 1. The van der Waals surface area contributed by atoms with Crippen LogP contribution in [-0.4, -0.2) is 17.0 Å². The highest BCUT2D eigenvalue weighted by Gasteiger charge is 2.11. The molecule has 122 valence electrons. The van der Waals surface area contributed by atoms with Crippen molar-refractivity contribution < 1.29 is 9.53 Å². The Morgan fingerprint density at radius 3 is 2.74 bits per heavy atom. The van der Waals surface area contributed by atoms with Gasteiger partial charge in [0.25, 0.3) is 0 Å². The first-order valence-electron chi connectivity index (χ1n) is 7.99. The number of benzene rings is 1. The zero-order chi connectivity index (χ0) is 16.7. The average molecular weight is 312 g/mol. The average Bonchev–Trinajstić information content (AvgIpc) is 2.53. The highest BCUT2D eigenvalue weighted by Crippen LogP contribution is 2.20. The lowest BCUT2D eigenvalue weighted by Gasteiger charge is -2.16. The molecule has 4 nitrogen and oxygen atoms in total. The van der Waals surface area contributed by atoms with E-state index in [9.17, 15) is 4.79 Å². The van der Waals surface area contributed by atoms with Crippen molar-refractivity contribution in [3.63, 3.8) is 0 Å². The summed E-state index contributed by atoms with van der Waals surface area (Å²) in [7, 11) is 0. The fraction of sp³-hybridized carbons (Fsp3) is 0.368. The van der Waals surface area contributed by atoms with Gasteiger partial charge in [0.05, 0.1) is 12.1 Å². The zero-order valence-corrected chi connectivity index (χ0v) is 14.0. The highest BCUT2D eigenvalue weighted by atomic mass is 16.5. The number of hydrogen-bond acceptors (Lipinski definition) is 3. The van der Waals surface area contributed by atoms with Gasteiger partial charge in [-0.3, -0.25) is 9.78 Å². The number of nitrogens with zero attached hydrogens (tertiary/aromatic N) is 1. The van der Waals surface area contributed by atoms with E-state index in [1.807, 2.05) is 57.2 Å². The largest absolute Gasteiger partial charge is 0.491 e. The van der Waals surface area contributed by atoms with E-state index in [-0.39, 0.29) is 18.1 Å². The number of carbonyl (C=O) groups excluding carboxylic acids is 1. The Morgan fingerprint density at radius 2 is 2.04 bits per heavy atom. The van der Waals surface area contributed by atoms with E-state index >= 15 is 0 Å². The van der Waals surface area contributed by atoms with E-state index in [0.717, 1.165) is 16.9 Å². The fourth-order valence-corrected chi connectivity index (χ4v) is 2.33. The van der Waals surface area contributed by atoms with Gasteiger partial charge in [0.2, 0.25) is 5.91 Å². The number of carbonyl (C=O) groups is 1. The number of rotatable bonds is 7. The molecule has 0 aliphatic rings. The summed E-state index contributed by atoms with van der Waals surface area (Å²) in [5.74, 6) is 0.866. The van der Waals surface area contributed by atoms with E-state index in [4.69, 9.17) is 4.74 Å². The van der Waals surface area contributed by atoms with Crippen molar-refractivity contribution in [1.82, 2.24) is 10.3 Å². The third-order valence-corrected chi connectivity index (χ3v) is 3.47. The Kier molecular flexibility index (Phi) is 6.15. The van der Waals surface area contributed by atoms with Crippen molar-refractivity contribution in [3.8, 4) is 5.75 Å². The van der Waals surface area contributed by atoms with Gasteiger partial charge < -0.3 is 10.1 Å². The molecule has 1 heterocycles. The minimum atomic E-state index is -0.0490. The Bertz CT molecular complexity index is 626. The third kappa shape index (κ3) is 5.74. The maximum absolute atomic E-state index is 12.1. The monoisotopic (exact) mass is 312 g/mol. The van der Waals surface area contributed by atoms with Gasteiger partial charge in [-0.15, -0.1) is 0 Å². The molecule has 1 atom stereocenters. The number of pyridine rings is 1. The summed E-state index contributed by atoms with van der Waals surface area (Å²) in [5, 5.41) is 3.03. The SMILES string of the molecule is CC(C)Oc1cccc([C@H](C)NC(=O)CCc2cccnc2)c1. The molecule has 0 saturated carbocycles. The molecule has 2 aromatic rings. The number of nitrogens with one attached hydrogen (secondary N) is 1. The van der Waals surface area contributed by atoms with Crippen LogP contribution in [0.25, 0.3) is 0 Å². The summed E-state index contributed by atoms with van der Waals surface area (Å²) >= 11 is 0. The van der Waals surface area contributed by atoms with Crippen molar-refractivity contribution in [2.75, 3.05) is 0 Å². The number of hydrogen-bond donors (Lipinski definition) is 1. The predicted octanol–water partition coefficient (Wildman–Crippen LogP) is 3.68. The second-order valence-electron chi connectivity index (χ2n) is 5.89. The van der Waals surface area contributed by atoms with Crippen LogP contribution in [0, 0.1) is 0 Å². The molecule has 2 rings (SSSR count). The van der Waals surface area contributed by atoms with E-state index in [1.165, 1.54) is 0 Å². The van der Waals surface area contributed by atoms with Crippen LogP contribution < -0.4 is 10.1 Å². The van der Waals surface area contributed by atoms with Crippen LogP contribution in [0.4, 0.5) is 0 Å². The van der Waals surface area contributed by atoms with Crippen LogP contribution in [0.1, 0.15) is 44.4 Å². The fourth-order valence-electron chi connectivity index (χ4n) is 2.33. The summed E-state index contributed by atoms with van der Waals surface area (Å²) < 4.78 is 5.70. The summed E-state index contributed by atoms with van der Waals surface area (Å²) in [4.78, 5) is 16.2. The smallest absolute Gasteiger partial charge is 0.220 e. The van der Waals surface area contributed by atoms with Gasteiger partial charge in [-0.1, -0.05) is 18.2 Å². The second kappa shape index (κ2) is 8.32. The van der Waals surface area contributed by atoms with Gasteiger partial charge in [0, 0.05) is 18.8 Å². The first kappa shape index (κ1) is 17.0. The molecule has 1 aromatic heterocycles. The van der Waals surface area contributed by atoms with Gasteiger partial charge in [-0.25, -0.2) is 0 Å². The van der Waals surface area contributed by atoms with Crippen molar-refractivity contribution in [2.45, 2.75) is 45.8 Å². The molecule has 0 spiro atoms. The second-order valence-corrected chi connectivity index (χ2v) is 5.89. The molecule has 1 amide bonds. The minimum Gasteiger partial charge on any atom is -0.491 e. The summed E-state index contributed by atoms with van der Waals surface area (Å²) in [5.41, 5.74) is 2.11. The lowest BCUT2D eigenvalue weighted by molar-refractivity contribution is -0.121. The van der Waals surface area contributed by atoms with Crippen LogP contribution in [0.15, 0.2) is 48.8 Å². The van der Waals surface area contributed by atoms with Crippen LogP contribution in [0.5, 0.6) is 5.75 Å². The van der Waals surface area contributed by atoms with E-state index < -0.39 is 0 Å². The van der Waals surface area contributed by atoms with Gasteiger partial charge in [0.1, 0.15) is 5.75 Å². The Balaban J connectivity index is 1.88. The quantitative estimate of drug-likeness (QED) is 0.848. The molecule has 0 aliphatic carbocycles. The molecule has 0 fully saturated rings. The van der Waals surface area contributed by atoms with E-state index in [1.54, 1.807) is 12.4 Å². The molecule has 23 heavy (non-hydrogen) atoms. The van der Waals surface area contributed by atoms with Crippen molar-refractivity contribution >= 4 is 5.91 Å². The molecule has 0 aliphatic heterocycles. The maximum Gasteiger partial charge on any atom is 0.220 e. The maximum atomic E-state index is 12.1. The molecule has 0 unspecified atom stereocenters. The molecule has 1 aromatic carbocycles. The lowest BCUT2D eigenvalue weighted by Crippen LogP contribution is -2.26. The summed E-state index contributed by atoms with van der Waals surface area (Å²) in [6.07, 6.45) is 4.82. The third-order valence-electron chi connectivity index (χ3n) is 3.47. The first-order chi connectivity index (χ1) is 11.0. The van der Waals surface area contributed by atoms with Gasteiger partial charge in [-0.2, -0.15) is 0 Å².